The maximum atomic E-state index is 12.2. The lowest BCUT2D eigenvalue weighted by Gasteiger charge is -2.05. The van der Waals surface area contributed by atoms with E-state index in [0.717, 1.165) is 28.5 Å². The number of aromatic nitrogens is 3. The highest BCUT2D eigenvalue weighted by molar-refractivity contribution is 7.99. The summed E-state index contributed by atoms with van der Waals surface area (Å²) >= 11 is 1.63. The van der Waals surface area contributed by atoms with Crippen LogP contribution in [-0.2, 0) is 6.42 Å². The summed E-state index contributed by atoms with van der Waals surface area (Å²) in [6.07, 6.45) is 6.24. The number of hydrogen-bond acceptors (Lipinski definition) is 4. The van der Waals surface area contributed by atoms with Crippen molar-refractivity contribution in [2.45, 2.75) is 18.4 Å². The number of thioether (sulfide) groups is 1. The lowest BCUT2D eigenvalue weighted by Crippen LogP contribution is -2.25. The molecule has 0 saturated carbocycles. The van der Waals surface area contributed by atoms with Gasteiger partial charge in [-0.1, -0.05) is 25.1 Å². The maximum absolute atomic E-state index is 12.2. The average molecular weight is 352 g/mol. The summed E-state index contributed by atoms with van der Waals surface area (Å²) in [7, 11) is 0. The number of amides is 1. The Bertz CT molecular complexity index is 832. The quantitative estimate of drug-likeness (QED) is 0.663. The highest BCUT2D eigenvalue weighted by atomic mass is 32.2. The fourth-order valence-corrected chi connectivity index (χ4v) is 3.05. The van der Waals surface area contributed by atoms with Gasteiger partial charge in [-0.25, -0.2) is 9.67 Å². The third kappa shape index (κ3) is 4.70. The first-order chi connectivity index (χ1) is 12.3. The molecule has 5 nitrogen and oxygen atoms in total. The van der Waals surface area contributed by atoms with E-state index in [1.807, 2.05) is 53.5 Å². The van der Waals surface area contributed by atoms with Crippen LogP contribution in [0.25, 0.3) is 5.69 Å². The Morgan fingerprint density at radius 1 is 1.24 bits per heavy atom. The molecule has 6 heteroatoms. The smallest absolute Gasteiger partial charge is 0.251 e. The van der Waals surface area contributed by atoms with E-state index >= 15 is 0 Å². The number of carbonyl (C=O) groups excluding carboxylic acids is 1. The number of hydrogen-bond donors (Lipinski definition) is 1. The fraction of sp³-hybridized carbons (Fsp3) is 0.211. The number of nitrogens with one attached hydrogen (secondary N) is 1. The third-order valence-corrected chi connectivity index (χ3v) is 4.45. The predicted molar refractivity (Wildman–Crippen MR) is 100 cm³/mol. The molecule has 3 rings (SSSR count). The van der Waals surface area contributed by atoms with Crippen molar-refractivity contribution in [2.24, 2.45) is 0 Å². The van der Waals surface area contributed by atoms with Crippen LogP contribution in [-0.4, -0.2) is 33.0 Å². The first-order valence-corrected chi connectivity index (χ1v) is 9.21. The Balaban J connectivity index is 1.54. The van der Waals surface area contributed by atoms with Crippen molar-refractivity contribution in [2.75, 3.05) is 12.3 Å². The minimum Gasteiger partial charge on any atom is -0.352 e. The third-order valence-electron chi connectivity index (χ3n) is 3.65. The molecule has 0 radical (unpaired) electrons. The number of rotatable bonds is 7. The van der Waals surface area contributed by atoms with Crippen LogP contribution in [0.3, 0.4) is 0 Å². The van der Waals surface area contributed by atoms with Gasteiger partial charge >= 0.3 is 0 Å². The molecule has 0 aliphatic carbocycles. The van der Waals surface area contributed by atoms with E-state index in [-0.39, 0.29) is 5.91 Å². The number of benzene rings is 1. The molecule has 0 aliphatic heterocycles. The molecular formula is C19H20N4OS. The van der Waals surface area contributed by atoms with Crippen LogP contribution in [0.2, 0.25) is 0 Å². The molecule has 0 saturated heterocycles. The molecule has 2 aromatic heterocycles. The van der Waals surface area contributed by atoms with Gasteiger partial charge in [-0.05, 0) is 42.0 Å². The molecule has 0 spiro atoms. The zero-order chi connectivity index (χ0) is 17.5. The lowest BCUT2D eigenvalue weighted by atomic mass is 10.2. The van der Waals surface area contributed by atoms with Crippen LogP contribution in [0.5, 0.6) is 0 Å². The Morgan fingerprint density at radius 2 is 2.08 bits per heavy atom. The largest absolute Gasteiger partial charge is 0.352 e. The number of para-hydroxylation sites is 1. The average Bonchev–Trinajstić information content (AvgIpc) is 3.12. The summed E-state index contributed by atoms with van der Waals surface area (Å²) in [5.74, 6) is 0.861. The van der Waals surface area contributed by atoms with Gasteiger partial charge in [0, 0.05) is 24.5 Å². The molecule has 1 amide bonds. The van der Waals surface area contributed by atoms with E-state index < -0.39 is 0 Å². The van der Waals surface area contributed by atoms with Crippen molar-refractivity contribution in [3.8, 4) is 5.69 Å². The van der Waals surface area contributed by atoms with Gasteiger partial charge in [0.25, 0.3) is 5.91 Å². The molecule has 128 valence electrons. The van der Waals surface area contributed by atoms with Gasteiger partial charge in [0.1, 0.15) is 0 Å². The maximum Gasteiger partial charge on any atom is 0.251 e. The minimum absolute atomic E-state index is 0.0733. The van der Waals surface area contributed by atoms with Crippen molar-refractivity contribution in [1.82, 2.24) is 20.1 Å². The van der Waals surface area contributed by atoms with Crippen LogP contribution in [0, 0.1) is 0 Å². The predicted octanol–water partition coefficient (Wildman–Crippen LogP) is 3.35. The topological polar surface area (TPSA) is 59.8 Å². The van der Waals surface area contributed by atoms with E-state index in [2.05, 4.69) is 22.3 Å². The summed E-state index contributed by atoms with van der Waals surface area (Å²) < 4.78 is 1.84. The lowest BCUT2D eigenvalue weighted by molar-refractivity contribution is 0.0953. The summed E-state index contributed by atoms with van der Waals surface area (Å²) in [5.41, 5.74) is 2.75. The minimum atomic E-state index is -0.0733. The standard InChI is InChI=1S/C19H20N4OS/c1-2-25-18-12-16(9-11-20-18)19(24)21-10-8-15-13-22-23(14-15)17-6-4-3-5-7-17/h3-7,9,11-14H,2,8,10H2,1H3,(H,21,24). The number of carbonyl (C=O) groups is 1. The van der Waals surface area contributed by atoms with Gasteiger partial charge in [-0.3, -0.25) is 4.79 Å². The van der Waals surface area contributed by atoms with E-state index in [1.54, 1.807) is 24.0 Å². The Hall–Kier alpha value is -2.60. The van der Waals surface area contributed by atoms with Crippen LogP contribution >= 0.6 is 11.8 Å². The van der Waals surface area contributed by atoms with Crippen LogP contribution in [0.4, 0.5) is 0 Å². The normalized spacial score (nSPS) is 10.6. The van der Waals surface area contributed by atoms with Crippen LogP contribution < -0.4 is 5.32 Å². The van der Waals surface area contributed by atoms with Gasteiger partial charge in [-0.15, -0.1) is 11.8 Å². The second-order valence-corrected chi connectivity index (χ2v) is 6.73. The molecule has 1 N–H and O–H groups in total. The number of pyridine rings is 1. The first-order valence-electron chi connectivity index (χ1n) is 8.22. The molecule has 2 heterocycles. The van der Waals surface area contributed by atoms with Crippen LogP contribution in [0.1, 0.15) is 22.8 Å². The molecule has 0 bridgehead atoms. The summed E-state index contributed by atoms with van der Waals surface area (Å²) in [4.78, 5) is 16.5. The Morgan fingerprint density at radius 3 is 2.88 bits per heavy atom. The molecule has 0 aliphatic rings. The molecular weight excluding hydrogens is 332 g/mol. The zero-order valence-corrected chi connectivity index (χ0v) is 14.9. The summed E-state index contributed by atoms with van der Waals surface area (Å²) in [6, 6.07) is 13.5. The van der Waals surface area contributed by atoms with Crippen molar-refractivity contribution < 1.29 is 4.79 Å². The fourth-order valence-electron chi connectivity index (χ4n) is 2.41. The second-order valence-electron chi connectivity index (χ2n) is 5.45. The second kappa shape index (κ2) is 8.48. The van der Waals surface area contributed by atoms with Crippen molar-refractivity contribution in [1.29, 1.82) is 0 Å². The highest BCUT2D eigenvalue weighted by Crippen LogP contribution is 2.15. The first kappa shape index (κ1) is 17.2. The van der Waals surface area contributed by atoms with Crippen LogP contribution in [0.15, 0.2) is 66.1 Å². The summed E-state index contributed by atoms with van der Waals surface area (Å²) in [5, 5.41) is 8.19. The van der Waals surface area contributed by atoms with Gasteiger partial charge in [0.2, 0.25) is 0 Å². The molecule has 25 heavy (non-hydrogen) atoms. The molecule has 1 aromatic carbocycles. The molecule has 0 unspecified atom stereocenters. The van der Waals surface area contributed by atoms with E-state index in [4.69, 9.17) is 0 Å². The zero-order valence-electron chi connectivity index (χ0n) is 14.1. The van der Waals surface area contributed by atoms with Gasteiger partial charge in [0.15, 0.2) is 0 Å². The summed E-state index contributed by atoms with van der Waals surface area (Å²) in [6.45, 7) is 2.63. The van der Waals surface area contributed by atoms with Crippen molar-refractivity contribution in [3.05, 3.63) is 72.2 Å². The SMILES string of the molecule is CCSc1cc(C(=O)NCCc2cnn(-c3ccccc3)c2)ccn1. The highest BCUT2D eigenvalue weighted by Gasteiger charge is 2.07. The molecule has 0 atom stereocenters. The van der Waals surface area contributed by atoms with Gasteiger partial charge in [0.05, 0.1) is 16.9 Å². The monoisotopic (exact) mass is 352 g/mol. The van der Waals surface area contributed by atoms with Gasteiger partial charge < -0.3 is 5.32 Å². The van der Waals surface area contributed by atoms with Crippen molar-refractivity contribution in [3.63, 3.8) is 0 Å². The van der Waals surface area contributed by atoms with E-state index in [1.165, 1.54) is 0 Å². The molecule has 3 aromatic rings. The van der Waals surface area contributed by atoms with Crippen molar-refractivity contribution >= 4 is 17.7 Å². The molecule has 0 fully saturated rings. The van der Waals surface area contributed by atoms with E-state index in [9.17, 15) is 4.79 Å². The Kier molecular flexibility index (Phi) is 5.85. The van der Waals surface area contributed by atoms with Gasteiger partial charge in [-0.2, -0.15) is 5.10 Å². The van der Waals surface area contributed by atoms with E-state index in [0.29, 0.717) is 12.1 Å². The number of nitrogens with zero attached hydrogens (tertiary/aromatic N) is 3. The Labute approximate surface area is 151 Å².